The minimum absolute atomic E-state index is 0.681. The number of hydrogen-bond acceptors (Lipinski definition) is 1. The fourth-order valence-electron chi connectivity index (χ4n) is 3.11. The molecule has 1 saturated carbocycles. The molecule has 1 nitrogen and oxygen atoms in total. The summed E-state index contributed by atoms with van der Waals surface area (Å²) in [5.74, 6) is 0.959. The van der Waals surface area contributed by atoms with Crippen molar-refractivity contribution in [1.29, 1.82) is 0 Å². The van der Waals surface area contributed by atoms with Crippen molar-refractivity contribution >= 4 is 8.32 Å². The lowest BCUT2D eigenvalue weighted by molar-refractivity contribution is 0.133. The molecule has 0 amide bonds. The van der Waals surface area contributed by atoms with Gasteiger partial charge >= 0.3 is 0 Å². The highest BCUT2D eigenvalue weighted by Crippen LogP contribution is 2.44. The van der Waals surface area contributed by atoms with Crippen molar-refractivity contribution in [2.24, 2.45) is 5.92 Å². The molecule has 0 spiro atoms. The van der Waals surface area contributed by atoms with Gasteiger partial charge in [-0.25, -0.2) is 0 Å². The molecule has 2 fully saturated rings. The molecule has 1 saturated heterocycles. The minimum Gasteiger partial charge on any atom is -0.414 e. The predicted octanol–water partition coefficient (Wildman–Crippen LogP) is 3.56. The van der Waals surface area contributed by atoms with E-state index >= 15 is 0 Å². The quantitative estimate of drug-likeness (QED) is 0.616. The van der Waals surface area contributed by atoms with Crippen LogP contribution in [0.5, 0.6) is 0 Å². The van der Waals surface area contributed by atoms with Gasteiger partial charge in [0.1, 0.15) is 0 Å². The van der Waals surface area contributed by atoms with E-state index in [4.69, 9.17) is 4.43 Å². The first-order chi connectivity index (χ1) is 6.29. The lowest BCUT2D eigenvalue weighted by Crippen LogP contribution is -2.32. The molecule has 2 aliphatic rings. The second-order valence-corrected chi connectivity index (χ2v) is 9.22. The number of hydrogen-bond donors (Lipinski definition) is 0. The number of fused-ring (bicyclic) bond motifs is 1. The summed E-state index contributed by atoms with van der Waals surface area (Å²) in [5.41, 5.74) is 0. The van der Waals surface area contributed by atoms with Crippen LogP contribution in [0.25, 0.3) is 0 Å². The molecule has 0 radical (unpaired) electrons. The third-order valence-electron chi connectivity index (χ3n) is 4.16. The summed E-state index contributed by atoms with van der Waals surface area (Å²) in [6.07, 6.45) is 6.38. The van der Waals surface area contributed by atoms with Gasteiger partial charge in [0.2, 0.25) is 0 Å². The van der Waals surface area contributed by atoms with Crippen molar-refractivity contribution in [3.8, 4) is 0 Å². The van der Waals surface area contributed by atoms with Crippen LogP contribution in [0.1, 0.15) is 39.5 Å². The first-order valence-electron chi connectivity index (χ1n) is 5.97. The minimum atomic E-state index is -1.21. The topological polar surface area (TPSA) is 9.23 Å². The van der Waals surface area contributed by atoms with Crippen molar-refractivity contribution < 1.29 is 4.43 Å². The molecule has 13 heavy (non-hydrogen) atoms. The van der Waals surface area contributed by atoms with Gasteiger partial charge in [0, 0.05) is 6.10 Å². The Bertz CT molecular complexity index is 161. The van der Waals surface area contributed by atoms with Crippen LogP contribution >= 0.6 is 0 Å². The van der Waals surface area contributed by atoms with Gasteiger partial charge in [-0.2, -0.15) is 0 Å². The fourth-order valence-corrected chi connectivity index (χ4v) is 7.00. The normalized spacial score (nSPS) is 37.4. The van der Waals surface area contributed by atoms with E-state index < -0.39 is 8.32 Å². The van der Waals surface area contributed by atoms with Gasteiger partial charge < -0.3 is 4.43 Å². The smallest absolute Gasteiger partial charge is 0.193 e. The van der Waals surface area contributed by atoms with E-state index in [-0.39, 0.29) is 0 Å². The zero-order valence-electron chi connectivity index (χ0n) is 9.01. The predicted molar refractivity (Wildman–Crippen MR) is 58.4 cm³/mol. The maximum absolute atomic E-state index is 6.39. The van der Waals surface area contributed by atoms with E-state index in [1.54, 1.807) is 0 Å². The van der Waals surface area contributed by atoms with Crippen LogP contribution in [0.2, 0.25) is 18.1 Å². The Hall–Kier alpha value is 0.177. The van der Waals surface area contributed by atoms with Gasteiger partial charge in [0.25, 0.3) is 0 Å². The molecule has 1 aliphatic carbocycles. The molecule has 0 unspecified atom stereocenters. The summed E-state index contributed by atoms with van der Waals surface area (Å²) in [6.45, 7) is 4.68. The molecule has 1 heterocycles. The molecule has 0 aromatic carbocycles. The summed E-state index contributed by atoms with van der Waals surface area (Å²) >= 11 is 0. The zero-order valence-corrected chi connectivity index (χ0v) is 10.0. The van der Waals surface area contributed by atoms with Crippen LogP contribution in [0, 0.1) is 5.92 Å². The highest BCUT2D eigenvalue weighted by Gasteiger charge is 2.46. The molecule has 2 rings (SSSR count). The van der Waals surface area contributed by atoms with E-state index in [0.717, 1.165) is 5.92 Å². The van der Waals surface area contributed by atoms with Gasteiger partial charge in [-0.1, -0.05) is 26.7 Å². The van der Waals surface area contributed by atoms with Gasteiger partial charge in [0.15, 0.2) is 8.32 Å². The Kier molecular flexibility index (Phi) is 2.79. The van der Waals surface area contributed by atoms with Gasteiger partial charge in [-0.15, -0.1) is 0 Å². The van der Waals surface area contributed by atoms with Crippen LogP contribution < -0.4 is 0 Å². The SMILES string of the molecule is CC[Si]1(CC)C[C@H]2CCCC[C@H]2O1. The van der Waals surface area contributed by atoms with Gasteiger partial charge in [-0.3, -0.25) is 0 Å². The van der Waals surface area contributed by atoms with E-state index in [9.17, 15) is 0 Å². The van der Waals surface area contributed by atoms with E-state index in [0.29, 0.717) is 6.10 Å². The highest BCUT2D eigenvalue weighted by atomic mass is 28.4. The first kappa shape index (κ1) is 9.72. The maximum atomic E-state index is 6.39. The van der Waals surface area contributed by atoms with E-state index in [1.807, 2.05) is 0 Å². The van der Waals surface area contributed by atoms with Crippen LogP contribution in [0.4, 0.5) is 0 Å². The van der Waals surface area contributed by atoms with Crippen molar-refractivity contribution in [1.82, 2.24) is 0 Å². The van der Waals surface area contributed by atoms with Crippen LogP contribution in [0.15, 0.2) is 0 Å². The summed E-state index contributed by atoms with van der Waals surface area (Å²) in [7, 11) is -1.21. The van der Waals surface area contributed by atoms with E-state index in [1.165, 1.54) is 43.8 Å². The molecule has 0 aromatic heterocycles. The van der Waals surface area contributed by atoms with E-state index in [2.05, 4.69) is 13.8 Å². The molecule has 2 atom stereocenters. The van der Waals surface area contributed by atoms with Crippen LogP contribution in [0.3, 0.4) is 0 Å². The first-order valence-corrected chi connectivity index (χ1v) is 8.50. The van der Waals surface area contributed by atoms with Crippen LogP contribution in [-0.4, -0.2) is 14.4 Å². The molecular formula is C11H22OSi. The zero-order chi connectivity index (χ0) is 9.31. The van der Waals surface area contributed by atoms with Gasteiger partial charge in [-0.05, 0) is 36.9 Å². The third-order valence-corrected chi connectivity index (χ3v) is 8.81. The summed E-state index contributed by atoms with van der Waals surface area (Å²) in [6, 6.07) is 4.16. The lowest BCUT2D eigenvalue weighted by Gasteiger charge is -2.25. The fraction of sp³-hybridized carbons (Fsp3) is 1.00. The highest BCUT2D eigenvalue weighted by molar-refractivity contribution is 6.74. The van der Waals surface area contributed by atoms with Gasteiger partial charge in [0.05, 0.1) is 0 Å². The summed E-state index contributed by atoms with van der Waals surface area (Å²) < 4.78 is 6.39. The molecule has 0 aromatic rings. The molecule has 76 valence electrons. The van der Waals surface area contributed by atoms with Crippen molar-refractivity contribution in [3.63, 3.8) is 0 Å². The Labute approximate surface area is 83.0 Å². The monoisotopic (exact) mass is 198 g/mol. The Balaban J connectivity index is 2.04. The third kappa shape index (κ3) is 1.71. The Morgan fingerprint density at radius 2 is 1.85 bits per heavy atom. The summed E-state index contributed by atoms with van der Waals surface area (Å²) in [4.78, 5) is 0. The molecule has 0 bridgehead atoms. The van der Waals surface area contributed by atoms with Crippen molar-refractivity contribution in [2.75, 3.05) is 0 Å². The summed E-state index contributed by atoms with van der Waals surface area (Å²) in [5, 5.41) is 0. The lowest BCUT2D eigenvalue weighted by atomic mass is 9.88. The second kappa shape index (κ2) is 3.74. The average molecular weight is 198 g/mol. The van der Waals surface area contributed by atoms with Crippen LogP contribution in [-0.2, 0) is 4.43 Å². The van der Waals surface area contributed by atoms with Crippen molar-refractivity contribution in [3.05, 3.63) is 0 Å². The number of rotatable bonds is 2. The second-order valence-electron chi connectivity index (χ2n) is 4.80. The Morgan fingerprint density at radius 3 is 2.46 bits per heavy atom. The maximum Gasteiger partial charge on any atom is 0.193 e. The van der Waals surface area contributed by atoms with Crippen molar-refractivity contribution in [2.45, 2.75) is 63.8 Å². The largest absolute Gasteiger partial charge is 0.414 e. The average Bonchev–Trinajstić information content (AvgIpc) is 2.57. The molecule has 2 heteroatoms. The molecule has 0 N–H and O–H groups in total. The standard InChI is InChI=1S/C11H22OSi/c1-3-13(4-2)9-10-7-5-6-8-11(10)12-13/h10-11H,3-9H2,1-2H3/t10-,11-/m1/s1. The molecular weight excluding hydrogens is 176 g/mol. The Morgan fingerprint density at radius 1 is 1.15 bits per heavy atom. The molecule has 1 aliphatic heterocycles.